The van der Waals surface area contributed by atoms with Crippen LogP contribution in [-0.4, -0.2) is 17.1 Å². The second-order valence-electron chi connectivity index (χ2n) is 7.97. The molecule has 5 nitrogen and oxygen atoms in total. The summed E-state index contributed by atoms with van der Waals surface area (Å²) in [6.45, 7) is 4.27. The SMILES string of the molecule is CCC(CC)Oc1cc2nc(N(c3ccccc3)C3CCCCC3)sc2cc1N=[NH2+]. The molecule has 0 aliphatic heterocycles. The highest BCUT2D eigenvalue weighted by molar-refractivity contribution is 7.22. The molecule has 158 valence electrons. The van der Waals surface area contributed by atoms with Gasteiger partial charge in [-0.25, -0.2) is 4.98 Å². The second kappa shape index (κ2) is 9.56. The molecule has 3 aromatic rings. The minimum atomic E-state index is 0.157. The van der Waals surface area contributed by atoms with Gasteiger partial charge in [-0.15, -0.1) is 0 Å². The van der Waals surface area contributed by atoms with Crippen LogP contribution in [0, 0.1) is 0 Å². The highest BCUT2D eigenvalue weighted by Gasteiger charge is 2.26. The van der Waals surface area contributed by atoms with Crippen LogP contribution in [0.3, 0.4) is 0 Å². The fraction of sp³-hybridized carbons (Fsp3) is 0.458. The lowest BCUT2D eigenvalue weighted by molar-refractivity contribution is -0.210. The van der Waals surface area contributed by atoms with E-state index < -0.39 is 0 Å². The fourth-order valence-electron chi connectivity index (χ4n) is 4.27. The Morgan fingerprint density at radius 3 is 2.53 bits per heavy atom. The fourth-order valence-corrected chi connectivity index (χ4v) is 5.34. The highest BCUT2D eigenvalue weighted by Crippen LogP contribution is 2.42. The number of aromatic nitrogens is 1. The molecule has 0 spiro atoms. The van der Waals surface area contributed by atoms with E-state index in [4.69, 9.17) is 15.3 Å². The van der Waals surface area contributed by atoms with Crippen molar-refractivity contribution in [1.29, 1.82) is 0 Å². The molecule has 4 rings (SSSR count). The Hall–Kier alpha value is -2.47. The largest absolute Gasteiger partial charge is 0.488 e. The van der Waals surface area contributed by atoms with Crippen LogP contribution in [0.1, 0.15) is 58.8 Å². The van der Waals surface area contributed by atoms with Crippen LogP contribution >= 0.6 is 11.3 Å². The number of rotatable bonds is 8. The van der Waals surface area contributed by atoms with Crippen molar-refractivity contribution in [1.82, 2.24) is 4.98 Å². The standard InChI is InChI=1S/C24H30N4OS/c1-3-19(4-2)29-22-15-21-23(16-20(22)27-25)30-24(26-21)28(17-11-7-5-8-12-17)18-13-9-6-10-14-18/h5,7-8,11-12,15-16,18-19,25H,3-4,6,9-10,13-14H2,1-2H3/p+1. The van der Waals surface area contributed by atoms with Gasteiger partial charge in [0, 0.05) is 17.8 Å². The summed E-state index contributed by atoms with van der Waals surface area (Å²) < 4.78 is 7.28. The van der Waals surface area contributed by atoms with Crippen LogP contribution in [0.5, 0.6) is 5.75 Å². The van der Waals surface area contributed by atoms with Crippen LogP contribution in [0.15, 0.2) is 47.6 Å². The monoisotopic (exact) mass is 423 g/mol. The van der Waals surface area contributed by atoms with Gasteiger partial charge in [0.1, 0.15) is 0 Å². The maximum absolute atomic E-state index is 6.19. The second-order valence-corrected chi connectivity index (χ2v) is 8.98. The minimum Gasteiger partial charge on any atom is -0.488 e. The maximum Gasteiger partial charge on any atom is 0.191 e. The van der Waals surface area contributed by atoms with Gasteiger partial charge in [0.15, 0.2) is 16.6 Å². The normalized spacial score (nSPS) is 14.9. The van der Waals surface area contributed by atoms with E-state index in [1.165, 1.54) is 37.8 Å². The first kappa shape index (κ1) is 20.8. The van der Waals surface area contributed by atoms with Crippen LogP contribution in [0.25, 0.3) is 10.2 Å². The summed E-state index contributed by atoms with van der Waals surface area (Å²) in [7, 11) is 0. The molecule has 0 unspecified atom stereocenters. The molecule has 1 aliphatic rings. The summed E-state index contributed by atoms with van der Waals surface area (Å²) in [4.78, 5) is 7.48. The van der Waals surface area contributed by atoms with Crippen molar-refractivity contribution in [2.75, 3.05) is 4.90 Å². The summed E-state index contributed by atoms with van der Waals surface area (Å²) in [5.41, 5.74) is 8.54. The number of para-hydroxylation sites is 1. The van der Waals surface area contributed by atoms with Gasteiger partial charge in [0.2, 0.25) is 0 Å². The summed E-state index contributed by atoms with van der Waals surface area (Å²) in [6.07, 6.45) is 8.36. The molecule has 1 fully saturated rings. The van der Waals surface area contributed by atoms with Gasteiger partial charge < -0.3 is 9.64 Å². The van der Waals surface area contributed by atoms with Crippen LogP contribution < -0.4 is 15.2 Å². The molecular weight excluding hydrogens is 392 g/mol. The van der Waals surface area contributed by atoms with Crippen molar-refractivity contribution in [2.24, 2.45) is 5.11 Å². The van der Waals surface area contributed by atoms with E-state index >= 15 is 0 Å². The smallest absolute Gasteiger partial charge is 0.191 e. The highest BCUT2D eigenvalue weighted by atomic mass is 32.1. The molecule has 1 aliphatic carbocycles. The Morgan fingerprint density at radius 1 is 1.13 bits per heavy atom. The topological polar surface area (TPSA) is 63.3 Å². The molecule has 2 N–H and O–H groups in total. The predicted molar refractivity (Wildman–Crippen MR) is 124 cm³/mol. The van der Waals surface area contributed by atoms with Gasteiger partial charge in [-0.1, -0.05) is 62.6 Å². The number of ether oxygens (including phenoxy) is 1. The van der Waals surface area contributed by atoms with Crippen molar-refractivity contribution in [3.05, 3.63) is 42.5 Å². The minimum absolute atomic E-state index is 0.157. The summed E-state index contributed by atoms with van der Waals surface area (Å²) >= 11 is 1.71. The lowest BCUT2D eigenvalue weighted by atomic mass is 9.94. The quantitative estimate of drug-likeness (QED) is 0.440. The van der Waals surface area contributed by atoms with Gasteiger partial charge in [-0.2, -0.15) is 5.53 Å². The first-order valence-electron chi connectivity index (χ1n) is 11.1. The van der Waals surface area contributed by atoms with Gasteiger partial charge in [-0.3, -0.25) is 0 Å². The number of anilines is 2. The van der Waals surface area contributed by atoms with Crippen LogP contribution in [0.4, 0.5) is 16.5 Å². The zero-order valence-corrected chi connectivity index (χ0v) is 18.7. The van der Waals surface area contributed by atoms with Crippen molar-refractivity contribution in [2.45, 2.75) is 70.9 Å². The summed E-state index contributed by atoms with van der Waals surface area (Å²) in [5, 5.41) is 5.02. The third kappa shape index (κ3) is 4.33. The van der Waals surface area contributed by atoms with Gasteiger partial charge >= 0.3 is 0 Å². The third-order valence-corrected chi connectivity index (χ3v) is 7.00. The summed E-state index contributed by atoms with van der Waals surface area (Å²) in [6, 6.07) is 15.1. The van der Waals surface area contributed by atoms with E-state index in [1.54, 1.807) is 11.3 Å². The third-order valence-electron chi connectivity index (χ3n) is 5.98. The number of nitrogens with zero attached hydrogens (tertiary/aromatic N) is 3. The zero-order chi connectivity index (χ0) is 20.9. The van der Waals surface area contributed by atoms with Crippen LogP contribution in [-0.2, 0) is 0 Å². The van der Waals surface area contributed by atoms with E-state index in [0.29, 0.717) is 11.7 Å². The molecule has 1 saturated carbocycles. The van der Waals surface area contributed by atoms with E-state index in [2.05, 4.69) is 54.2 Å². The van der Waals surface area contributed by atoms with Gasteiger partial charge in [0.25, 0.3) is 0 Å². The Kier molecular flexibility index (Phi) is 6.62. The Labute approximate surface area is 182 Å². The van der Waals surface area contributed by atoms with Crippen molar-refractivity contribution in [3.8, 4) is 5.75 Å². The van der Waals surface area contributed by atoms with Gasteiger partial charge in [0.05, 0.1) is 16.3 Å². The lowest BCUT2D eigenvalue weighted by Gasteiger charge is -2.34. The van der Waals surface area contributed by atoms with Crippen molar-refractivity contribution in [3.63, 3.8) is 0 Å². The molecule has 0 atom stereocenters. The molecule has 30 heavy (non-hydrogen) atoms. The average molecular weight is 424 g/mol. The van der Waals surface area contributed by atoms with E-state index in [1.807, 2.05) is 12.1 Å². The van der Waals surface area contributed by atoms with Crippen LogP contribution in [0.2, 0.25) is 0 Å². The van der Waals surface area contributed by atoms with E-state index in [9.17, 15) is 0 Å². The number of hydrogen-bond donors (Lipinski definition) is 1. The van der Waals surface area contributed by atoms with Gasteiger partial charge in [-0.05, 0) is 49.0 Å². The van der Waals surface area contributed by atoms with Crippen molar-refractivity contribution >= 4 is 38.1 Å². The molecule has 0 bridgehead atoms. The predicted octanol–water partition coefficient (Wildman–Crippen LogP) is 6.18. The molecule has 6 heteroatoms. The summed E-state index contributed by atoms with van der Waals surface area (Å²) in [5.74, 6) is 0.722. The molecule has 1 heterocycles. The molecule has 0 radical (unpaired) electrons. The zero-order valence-electron chi connectivity index (χ0n) is 17.9. The number of nitrogens with two attached hydrogens (primary N) is 1. The number of fused-ring (bicyclic) bond motifs is 1. The lowest BCUT2D eigenvalue weighted by Crippen LogP contribution is -2.32. The number of hydrogen-bond acceptors (Lipinski definition) is 5. The molecular formula is C24H31N4OS+. The number of benzene rings is 2. The average Bonchev–Trinajstić information content (AvgIpc) is 3.20. The Bertz CT molecular complexity index is 978. The van der Waals surface area contributed by atoms with Crippen molar-refractivity contribution < 1.29 is 10.3 Å². The number of thiazole rings is 1. The molecule has 2 aromatic carbocycles. The van der Waals surface area contributed by atoms with E-state index in [-0.39, 0.29) is 6.10 Å². The Balaban J connectivity index is 1.75. The van der Waals surface area contributed by atoms with E-state index in [0.717, 1.165) is 33.9 Å². The molecule has 0 saturated heterocycles. The first-order chi connectivity index (χ1) is 14.7. The maximum atomic E-state index is 6.19. The molecule has 0 amide bonds. The molecule has 1 aromatic heterocycles. The Morgan fingerprint density at radius 2 is 1.87 bits per heavy atom. The first-order valence-corrected chi connectivity index (χ1v) is 11.9.